The summed E-state index contributed by atoms with van der Waals surface area (Å²) in [4.78, 5) is 42.0. The van der Waals surface area contributed by atoms with Crippen molar-refractivity contribution in [2.45, 2.75) is 44.3 Å². The highest BCUT2D eigenvalue weighted by atomic mass is 32.2. The van der Waals surface area contributed by atoms with Crippen LogP contribution in [0.5, 0.6) is 0 Å². The minimum atomic E-state index is -1.21. The summed E-state index contributed by atoms with van der Waals surface area (Å²) >= 11 is 8.25. The van der Waals surface area contributed by atoms with Crippen molar-refractivity contribution in [1.82, 2.24) is 4.90 Å². The fraction of sp³-hybridized carbons (Fsp3) is 0.756. The molecule has 0 radical (unpaired) electrons. The molecule has 1 amide bonds. The van der Waals surface area contributed by atoms with E-state index in [9.17, 15) is 14.4 Å². The molecule has 0 aromatic heterocycles. The highest BCUT2D eigenvalue weighted by Gasteiger charge is 2.43. The first-order valence-corrected chi connectivity index (χ1v) is 22.4. The maximum Gasteiger partial charge on any atom is 0.322 e. The highest BCUT2D eigenvalue weighted by molar-refractivity contribution is 8.47. The Morgan fingerprint density at radius 3 is 1.47 bits per heavy atom. The third kappa shape index (κ3) is 27.6. The molecule has 1 rings (SSSR count). The molecule has 3 unspecified atom stereocenters. The molecule has 0 N–H and O–H groups in total. The van der Waals surface area contributed by atoms with E-state index in [1.54, 1.807) is 35.1 Å². The Kier molecular flexibility index (Phi) is 34.3. The van der Waals surface area contributed by atoms with E-state index in [0.29, 0.717) is 109 Å². The number of thioether (sulfide) groups is 2. The zero-order valence-corrected chi connectivity index (χ0v) is 38.4. The van der Waals surface area contributed by atoms with E-state index < -0.39 is 28.5 Å². The molecule has 340 valence electrons. The molecule has 0 aliphatic heterocycles. The van der Waals surface area contributed by atoms with Crippen LogP contribution < -0.4 is 0 Å². The lowest BCUT2D eigenvalue weighted by Crippen LogP contribution is -2.42. The van der Waals surface area contributed by atoms with E-state index in [2.05, 4.69) is 0 Å². The minimum absolute atomic E-state index is 0.00880. The number of esters is 2. The quantitative estimate of drug-likeness (QED) is 0.0513. The van der Waals surface area contributed by atoms with Crippen LogP contribution in [0.3, 0.4) is 0 Å². The topological polar surface area (TPSA) is 156 Å². The molecule has 0 bridgehead atoms. The summed E-state index contributed by atoms with van der Waals surface area (Å²) in [6.45, 7) is 13.3. The second kappa shape index (κ2) is 36.7. The number of benzene rings is 1. The fourth-order valence-electron chi connectivity index (χ4n) is 5.32. The highest BCUT2D eigenvalue weighted by Crippen LogP contribution is 2.40. The van der Waals surface area contributed by atoms with Crippen LogP contribution in [0.1, 0.15) is 45.1 Å². The first kappa shape index (κ1) is 55.1. The summed E-state index contributed by atoms with van der Waals surface area (Å²) < 4.78 is 59.2. The molecule has 3 atom stereocenters. The summed E-state index contributed by atoms with van der Waals surface area (Å²) in [6, 6.07) is 9.22. The molecule has 0 heterocycles. The van der Waals surface area contributed by atoms with E-state index in [1.807, 2.05) is 37.3 Å². The molecule has 0 saturated heterocycles. The van der Waals surface area contributed by atoms with Crippen molar-refractivity contribution in [3.05, 3.63) is 35.9 Å². The lowest BCUT2D eigenvalue weighted by Gasteiger charge is -2.32. The average Bonchev–Trinajstić information content (AvgIpc) is 3.22. The Bertz CT molecular complexity index is 1240. The average molecular weight is 896 g/mol. The van der Waals surface area contributed by atoms with E-state index in [-0.39, 0.29) is 38.6 Å². The summed E-state index contributed by atoms with van der Waals surface area (Å²) in [5, 5.41) is 0. The van der Waals surface area contributed by atoms with Gasteiger partial charge >= 0.3 is 11.9 Å². The van der Waals surface area contributed by atoms with E-state index in [1.165, 1.54) is 28.4 Å². The zero-order chi connectivity index (χ0) is 43.4. The molecule has 15 nitrogen and oxygen atoms in total. The Hall–Kier alpha value is -1.94. The van der Waals surface area contributed by atoms with Crippen LogP contribution in [0.2, 0.25) is 0 Å². The SMILES string of the molecule is CCOC(=O)C(CC(CC(C)(SC(=S)SCC)C(=O)OCCOCCOCCOCCOCCOCCOCCOCCOCCOC)C(=O)N(C)C)c1ccccc1. The predicted molar refractivity (Wildman–Crippen MR) is 233 cm³/mol. The molecule has 1 aromatic rings. The van der Waals surface area contributed by atoms with Crippen molar-refractivity contribution in [1.29, 1.82) is 0 Å². The van der Waals surface area contributed by atoms with Gasteiger partial charge in [0.25, 0.3) is 0 Å². The number of rotatable bonds is 38. The lowest BCUT2D eigenvalue weighted by atomic mass is 9.83. The first-order valence-electron chi connectivity index (χ1n) is 20.2. The summed E-state index contributed by atoms with van der Waals surface area (Å²) in [5.41, 5.74) is 0.738. The van der Waals surface area contributed by atoms with Gasteiger partial charge in [-0.1, -0.05) is 61.2 Å². The Morgan fingerprint density at radius 1 is 0.661 bits per heavy atom. The monoisotopic (exact) mass is 895 g/mol. The number of carbonyl (C=O) groups excluding carboxylic acids is 3. The van der Waals surface area contributed by atoms with Crippen LogP contribution in [-0.2, 0) is 66.5 Å². The van der Waals surface area contributed by atoms with Crippen molar-refractivity contribution >= 4 is 57.1 Å². The Morgan fingerprint density at radius 2 is 1.08 bits per heavy atom. The van der Waals surface area contributed by atoms with E-state index in [0.717, 1.165) is 11.3 Å². The van der Waals surface area contributed by atoms with Crippen LogP contribution in [0.25, 0.3) is 0 Å². The summed E-state index contributed by atoms with van der Waals surface area (Å²) in [5.74, 6) is -1.82. The van der Waals surface area contributed by atoms with Crippen molar-refractivity contribution in [3.63, 3.8) is 0 Å². The second-order valence-electron chi connectivity index (χ2n) is 13.1. The van der Waals surface area contributed by atoms with Crippen molar-refractivity contribution in [2.75, 3.05) is 152 Å². The zero-order valence-electron chi connectivity index (χ0n) is 36.0. The molecule has 0 aliphatic carbocycles. The van der Waals surface area contributed by atoms with Gasteiger partial charge in [-0.2, -0.15) is 0 Å². The van der Waals surface area contributed by atoms with Gasteiger partial charge in [-0.15, -0.1) is 11.8 Å². The third-order valence-electron chi connectivity index (χ3n) is 8.22. The van der Waals surface area contributed by atoms with Gasteiger partial charge in [0.2, 0.25) is 5.91 Å². The lowest BCUT2D eigenvalue weighted by molar-refractivity contribution is -0.149. The molecule has 18 heteroatoms. The molecule has 0 aliphatic rings. The molecule has 0 saturated carbocycles. The summed E-state index contributed by atoms with van der Waals surface area (Å²) in [6.07, 6.45) is 0.247. The molecular formula is C41H69NO14S3. The minimum Gasteiger partial charge on any atom is -0.466 e. The first-order chi connectivity index (χ1) is 28.6. The van der Waals surface area contributed by atoms with Gasteiger partial charge in [0.15, 0.2) is 0 Å². The molecule has 0 spiro atoms. The van der Waals surface area contributed by atoms with Crippen molar-refractivity contribution in [2.24, 2.45) is 5.92 Å². The predicted octanol–water partition coefficient (Wildman–Crippen LogP) is 4.67. The number of ether oxygens (including phenoxy) is 11. The van der Waals surface area contributed by atoms with Gasteiger partial charge in [0, 0.05) is 27.1 Å². The van der Waals surface area contributed by atoms with Crippen LogP contribution >= 0.6 is 35.7 Å². The van der Waals surface area contributed by atoms with Crippen LogP contribution in [0.4, 0.5) is 0 Å². The van der Waals surface area contributed by atoms with Crippen molar-refractivity contribution in [3.8, 4) is 0 Å². The van der Waals surface area contributed by atoms with Gasteiger partial charge < -0.3 is 57.0 Å². The van der Waals surface area contributed by atoms with Gasteiger partial charge in [-0.05, 0) is 38.0 Å². The molecule has 1 aromatic carbocycles. The number of hydrogen-bond donors (Lipinski definition) is 0. The van der Waals surface area contributed by atoms with E-state index in [4.69, 9.17) is 64.3 Å². The van der Waals surface area contributed by atoms with Gasteiger partial charge in [-0.3, -0.25) is 14.4 Å². The van der Waals surface area contributed by atoms with Crippen LogP contribution in [0.15, 0.2) is 30.3 Å². The Labute approximate surface area is 365 Å². The number of carbonyl (C=O) groups is 3. The number of amides is 1. The van der Waals surface area contributed by atoms with E-state index >= 15 is 0 Å². The maximum absolute atomic E-state index is 13.7. The maximum atomic E-state index is 13.7. The fourth-order valence-corrected chi connectivity index (χ4v) is 8.39. The number of nitrogens with zero attached hydrogens (tertiary/aromatic N) is 1. The number of thiocarbonyl (C=S) groups is 1. The van der Waals surface area contributed by atoms with Gasteiger partial charge in [0.05, 0.1) is 125 Å². The Balaban J connectivity index is 2.33. The smallest absolute Gasteiger partial charge is 0.322 e. The van der Waals surface area contributed by atoms with Crippen molar-refractivity contribution < 1.29 is 66.5 Å². The second-order valence-corrected chi connectivity index (χ2v) is 17.1. The standard InChI is InChI=1S/C41H69NO14S3/c1-7-55-38(44)36(34-12-10-9-11-13-34)32-35(37(43)42(4)5)33-41(3,59-40(57)58-8-2)39(45)56-31-30-54-29-28-53-27-26-52-25-24-51-23-22-50-21-20-49-19-18-48-17-16-47-15-14-46-6/h9-13,35-36H,7-8,14-33H2,1-6H3. The summed E-state index contributed by atoms with van der Waals surface area (Å²) in [7, 11) is 4.95. The molecule has 0 fully saturated rings. The van der Waals surface area contributed by atoms with Gasteiger partial charge in [0.1, 0.15) is 14.9 Å². The van der Waals surface area contributed by atoms with Crippen LogP contribution in [-0.4, -0.2) is 184 Å². The normalized spacial score (nSPS) is 13.4. The van der Waals surface area contributed by atoms with Crippen LogP contribution in [0, 0.1) is 5.92 Å². The number of methoxy groups -OCH3 is 1. The largest absolute Gasteiger partial charge is 0.466 e. The third-order valence-corrected chi connectivity index (χ3v) is 10.9. The van der Waals surface area contributed by atoms with Gasteiger partial charge in [-0.25, -0.2) is 0 Å². The number of hydrogen-bond acceptors (Lipinski definition) is 17. The molecular weight excluding hydrogens is 827 g/mol. The molecule has 59 heavy (non-hydrogen) atoms.